The Labute approximate surface area is 217 Å². The lowest BCUT2D eigenvalue weighted by atomic mass is 9.92. The number of hydrogen-bond acceptors (Lipinski definition) is 7. The summed E-state index contributed by atoms with van der Waals surface area (Å²) in [7, 11) is 0. The number of aromatic carboxylic acids is 1. The van der Waals surface area contributed by atoms with Crippen LogP contribution >= 0.6 is 11.3 Å². The molecule has 1 heterocycles. The molecule has 0 spiro atoms. The van der Waals surface area contributed by atoms with Gasteiger partial charge < -0.3 is 19.8 Å². The van der Waals surface area contributed by atoms with Gasteiger partial charge in [0.1, 0.15) is 17.2 Å². The number of terminal acetylenes is 1. The first-order valence-electron chi connectivity index (χ1n) is 12.4. The standard InChI is InChI=1S/C25H39N5O5S/c1-6-8-9-10-12-30(24(32)22(28-29-26)18(5)7-2)20(17(3)4)15-21(35-14-11-13-31)23-27-19(16-36-23)25(33)34/h1,16-18,20-22,31H,7-15H2,2-5H3,(H,33,34). The smallest absolute Gasteiger partial charge is 0.355 e. The number of carboxylic acid groups (broad SMARTS) is 1. The molecule has 1 aromatic heterocycles. The van der Waals surface area contributed by atoms with Gasteiger partial charge in [-0.1, -0.05) is 39.2 Å². The second kappa shape index (κ2) is 16.9. The van der Waals surface area contributed by atoms with Crippen molar-refractivity contribution < 1.29 is 24.5 Å². The van der Waals surface area contributed by atoms with Crippen molar-refractivity contribution in [2.75, 3.05) is 19.8 Å². The van der Waals surface area contributed by atoms with E-state index in [1.165, 1.54) is 16.7 Å². The normalized spacial score (nSPS) is 14.4. The number of aromatic nitrogens is 1. The molecule has 0 aliphatic carbocycles. The summed E-state index contributed by atoms with van der Waals surface area (Å²) in [6.45, 7) is 8.52. The molecule has 0 radical (unpaired) electrons. The van der Waals surface area contributed by atoms with Crippen molar-refractivity contribution in [1.82, 2.24) is 9.88 Å². The maximum Gasteiger partial charge on any atom is 0.355 e. The van der Waals surface area contributed by atoms with Crippen LogP contribution in [0.3, 0.4) is 0 Å². The van der Waals surface area contributed by atoms with Gasteiger partial charge in [0, 0.05) is 48.9 Å². The Bertz CT molecular complexity index is 909. The zero-order chi connectivity index (χ0) is 27.1. The minimum atomic E-state index is -1.12. The first kappa shape index (κ1) is 31.4. The van der Waals surface area contributed by atoms with Crippen molar-refractivity contribution in [2.45, 2.75) is 84.4 Å². The van der Waals surface area contributed by atoms with Gasteiger partial charge in [0.05, 0.1) is 0 Å². The lowest BCUT2D eigenvalue weighted by Gasteiger charge is -2.38. The van der Waals surface area contributed by atoms with Crippen molar-refractivity contribution in [1.29, 1.82) is 0 Å². The average Bonchev–Trinajstić information content (AvgIpc) is 3.35. The molecule has 0 fully saturated rings. The fourth-order valence-electron chi connectivity index (χ4n) is 3.85. The van der Waals surface area contributed by atoms with Gasteiger partial charge in [-0.05, 0) is 36.6 Å². The van der Waals surface area contributed by atoms with E-state index in [1.807, 2.05) is 27.7 Å². The lowest BCUT2D eigenvalue weighted by molar-refractivity contribution is -0.138. The maximum atomic E-state index is 13.8. The molecule has 1 rings (SSSR count). The molecule has 2 N–H and O–H groups in total. The number of unbranched alkanes of at least 4 members (excludes halogenated alkanes) is 2. The number of azide groups is 1. The summed E-state index contributed by atoms with van der Waals surface area (Å²) in [5.41, 5.74) is 9.08. The monoisotopic (exact) mass is 521 g/mol. The number of carboxylic acids is 1. The summed E-state index contributed by atoms with van der Waals surface area (Å²) in [5.74, 6) is 1.15. The molecular formula is C25H39N5O5S. The van der Waals surface area contributed by atoms with Crippen LogP contribution in [-0.4, -0.2) is 63.8 Å². The molecular weight excluding hydrogens is 482 g/mol. The number of aliphatic hydroxyl groups is 1. The van der Waals surface area contributed by atoms with Crippen LogP contribution in [0.2, 0.25) is 0 Å². The van der Waals surface area contributed by atoms with Gasteiger partial charge >= 0.3 is 5.97 Å². The highest BCUT2D eigenvalue weighted by Gasteiger charge is 2.35. The Hall–Kier alpha value is -2.64. The van der Waals surface area contributed by atoms with Gasteiger partial charge in [-0.25, -0.2) is 9.78 Å². The molecule has 0 bridgehead atoms. The third-order valence-electron chi connectivity index (χ3n) is 6.13. The van der Waals surface area contributed by atoms with Gasteiger partial charge in [0.2, 0.25) is 5.91 Å². The Kier molecular flexibility index (Phi) is 14.8. The van der Waals surface area contributed by atoms with E-state index in [2.05, 4.69) is 20.9 Å². The molecule has 10 nitrogen and oxygen atoms in total. The number of nitrogens with zero attached hydrogens (tertiary/aromatic N) is 5. The summed E-state index contributed by atoms with van der Waals surface area (Å²) in [4.78, 5) is 34.1. The number of rotatable bonds is 18. The topological polar surface area (TPSA) is 149 Å². The van der Waals surface area contributed by atoms with E-state index in [9.17, 15) is 19.8 Å². The maximum absolute atomic E-state index is 13.8. The Morgan fingerprint density at radius 2 is 2.06 bits per heavy atom. The van der Waals surface area contributed by atoms with Crippen LogP contribution < -0.4 is 0 Å². The summed E-state index contributed by atoms with van der Waals surface area (Å²) >= 11 is 1.19. The zero-order valence-electron chi connectivity index (χ0n) is 21.7. The molecule has 0 aromatic carbocycles. The zero-order valence-corrected chi connectivity index (χ0v) is 22.5. The number of thiazole rings is 1. The summed E-state index contributed by atoms with van der Waals surface area (Å²) < 4.78 is 6.04. The second-order valence-electron chi connectivity index (χ2n) is 9.09. The van der Waals surface area contributed by atoms with E-state index in [0.29, 0.717) is 43.7 Å². The fraction of sp³-hybridized carbons (Fsp3) is 0.720. The molecule has 4 unspecified atom stereocenters. The molecule has 0 saturated heterocycles. The molecule has 1 amide bonds. The minimum absolute atomic E-state index is 0.0214. The molecule has 0 saturated carbocycles. The van der Waals surface area contributed by atoms with Crippen LogP contribution in [-0.2, 0) is 9.53 Å². The third-order valence-corrected chi connectivity index (χ3v) is 7.07. The van der Waals surface area contributed by atoms with Crippen molar-refractivity contribution >= 4 is 23.2 Å². The van der Waals surface area contributed by atoms with Gasteiger partial charge in [-0.3, -0.25) is 4.79 Å². The van der Waals surface area contributed by atoms with Gasteiger partial charge in [0.15, 0.2) is 5.69 Å². The SMILES string of the molecule is C#CCCCCN(C(=O)C(N=[N+]=[N-])C(C)CC)C(CC(OCCCO)c1nc(C(=O)O)cs1)C(C)C. The van der Waals surface area contributed by atoms with Crippen LogP contribution in [0.1, 0.15) is 87.8 Å². The number of ether oxygens (including phenoxy) is 1. The quantitative estimate of drug-likeness (QED) is 0.0907. The Morgan fingerprint density at radius 1 is 1.33 bits per heavy atom. The largest absolute Gasteiger partial charge is 0.476 e. The number of aliphatic hydroxyl groups excluding tert-OH is 1. The van der Waals surface area contributed by atoms with E-state index in [-0.39, 0.29) is 42.7 Å². The van der Waals surface area contributed by atoms with E-state index in [0.717, 1.165) is 6.42 Å². The summed E-state index contributed by atoms with van der Waals surface area (Å²) in [6, 6.07) is -1.12. The Balaban J connectivity index is 3.37. The lowest BCUT2D eigenvalue weighted by Crippen LogP contribution is -2.49. The van der Waals surface area contributed by atoms with Crippen LogP contribution in [0.25, 0.3) is 10.4 Å². The van der Waals surface area contributed by atoms with E-state index in [4.69, 9.17) is 16.7 Å². The van der Waals surface area contributed by atoms with Crippen molar-refractivity contribution in [3.63, 3.8) is 0 Å². The number of carbonyl (C=O) groups is 2. The van der Waals surface area contributed by atoms with Gasteiger partial charge in [-0.2, -0.15) is 0 Å². The Morgan fingerprint density at radius 3 is 2.58 bits per heavy atom. The minimum Gasteiger partial charge on any atom is -0.476 e. The molecule has 11 heteroatoms. The van der Waals surface area contributed by atoms with Crippen molar-refractivity contribution in [2.24, 2.45) is 17.0 Å². The third kappa shape index (κ3) is 9.78. The molecule has 1 aromatic rings. The van der Waals surface area contributed by atoms with Crippen molar-refractivity contribution in [3.8, 4) is 12.3 Å². The molecule has 36 heavy (non-hydrogen) atoms. The number of hydrogen-bond donors (Lipinski definition) is 2. The summed E-state index contributed by atoms with van der Waals surface area (Å²) in [5, 5.41) is 24.3. The van der Waals surface area contributed by atoms with Crippen LogP contribution in [0.4, 0.5) is 0 Å². The second-order valence-corrected chi connectivity index (χ2v) is 9.98. The fourth-order valence-corrected chi connectivity index (χ4v) is 4.70. The summed E-state index contributed by atoms with van der Waals surface area (Å²) in [6.07, 6.45) is 8.36. The van der Waals surface area contributed by atoms with Crippen LogP contribution in [0, 0.1) is 24.2 Å². The highest BCUT2D eigenvalue weighted by Crippen LogP contribution is 2.32. The molecule has 200 valence electrons. The van der Waals surface area contributed by atoms with Crippen LogP contribution in [0.5, 0.6) is 0 Å². The molecule has 0 aliphatic rings. The number of carbonyl (C=O) groups excluding carboxylic acids is 1. The van der Waals surface area contributed by atoms with E-state index >= 15 is 0 Å². The first-order valence-corrected chi connectivity index (χ1v) is 13.3. The highest BCUT2D eigenvalue weighted by molar-refractivity contribution is 7.09. The first-order chi connectivity index (χ1) is 17.2. The van der Waals surface area contributed by atoms with E-state index in [1.54, 1.807) is 4.90 Å². The van der Waals surface area contributed by atoms with Crippen molar-refractivity contribution in [3.05, 3.63) is 26.5 Å². The van der Waals surface area contributed by atoms with E-state index < -0.39 is 18.1 Å². The average molecular weight is 522 g/mol. The predicted octanol–water partition coefficient (Wildman–Crippen LogP) is 5.05. The molecule has 0 aliphatic heterocycles. The molecule has 4 atom stereocenters. The van der Waals surface area contributed by atoms with Gasteiger partial charge in [-0.15, -0.1) is 23.7 Å². The predicted molar refractivity (Wildman–Crippen MR) is 139 cm³/mol. The highest BCUT2D eigenvalue weighted by atomic mass is 32.1. The number of amides is 1. The van der Waals surface area contributed by atoms with Crippen LogP contribution in [0.15, 0.2) is 10.5 Å². The van der Waals surface area contributed by atoms with Gasteiger partial charge in [0.25, 0.3) is 0 Å².